The number of anilines is 1. The van der Waals surface area contributed by atoms with E-state index in [-0.39, 0.29) is 20.8 Å². The van der Waals surface area contributed by atoms with Gasteiger partial charge in [0.15, 0.2) is 5.69 Å². The van der Waals surface area contributed by atoms with Crippen LogP contribution in [0.1, 0.15) is 33.0 Å². The zero-order chi connectivity index (χ0) is 21.5. The van der Waals surface area contributed by atoms with Crippen molar-refractivity contribution < 1.29 is 31.5 Å². The highest BCUT2D eigenvalue weighted by atomic mass is 32.1. The maximum absolute atomic E-state index is 13.0. The van der Waals surface area contributed by atoms with E-state index in [9.17, 15) is 31.5 Å². The molecule has 3 aromatic rings. The van der Waals surface area contributed by atoms with Gasteiger partial charge in [0, 0.05) is 11.6 Å². The Morgan fingerprint density at radius 3 is 2.59 bits per heavy atom. The minimum absolute atomic E-state index is 0.0310. The fraction of sp³-hybridized carbons (Fsp3) is 0.250. The number of carbonyl (C=O) groups is 2. The number of primary amides is 1. The number of aromatic nitrogens is 3. The second-order valence-electron chi connectivity index (χ2n) is 5.96. The molecule has 0 bridgehead atoms. The smallest absolute Gasteiger partial charge is 0.365 e. The van der Waals surface area contributed by atoms with Crippen molar-refractivity contribution in [3.63, 3.8) is 0 Å². The van der Waals surface area contributed by atoms with Crippen LogP contribution in [-0.2, 0) is 17.5 Å². The van der Waals surface area contributed by atoms with Gasteiger partial charge in [0.2, 0.25) is 5.91 Å². The van der Waals surface area contributed by atoms with Crippen LogP contribution in [0.4, 0.5) is 27.6 Å². The van der Waals surface area contributed by atoms with Crippen LogP contribution in [0.15, 0.2) is 18.3 Å². The van der Waals surface area contributed by atoms with Crippen molar-refractivity contribution in [2.75, 3.05) is 5.32 Å². The molecule has 0 spiro atoms. The van der Waals surface area contributed by atoms with Gasteiger partial charge < -0.3 is 11.1 Å². The lowest BCUT2D eigenvalue weighted by molar-refractivity contribution is -0.141. The normalized spacial score (nSPS) is 12.0. The first-order valence-electron chi connectivity index (χ1n) is 7.90. The molecule has 13 heteroatoms. The van der Waals surface area contributed by atoms with Crippen molar-refractivity contribution in [2.45, 2.75) is 26.1 Å². The Morgan fingerprint density at radius 1 is 1.34 bits per heavy atom. The van der Waals surface area contributed by atoms with Gasteiger partial charge in [0.25, 0.3) is 12.3 Å². The maximum Gasteiger partial charge on any atom is 0.435 e. The molecule has 3 heterocycles. The van der Waals surface area contributed by atoms with Crippen LogP contribution in [-0.4, -0.2) is 26.6 Å². The average molecular weight is 433 g/mol. The lowest BCUT2D eigenvalue weighted by Crippen LogP contribution is -2.21. The standard InChI is InChI=1S/C16H12F5N5O2S/c1-6-4-7(13(17)18)23-15-10(6)11(12(29-15)14(22)28)24-9(27)5-26-3-2-8(25-26)16(19,20)21/h2-4,13H,5H2,1H3,(H2,22,28)(H,24,27). The molecule has 0 aliphatic carbocycles. The van der Waals surface area contributed by atoms with Crippen molar-refractivity contribution >= 4 is 39.1 Å². The highest BCUT2D eigenvalue weighted by Gasteiger charge is 2.33. The number of halogens is 5. The summed E-state index contributed by atoms with van der Waals surface area (Å²) in [6.07, 6.45) is -6.52. The molecule has 29 heavy (non-hydrogen) atoms. The number of alkyl halides is 5. The number of fused-ring (bicyclic) bond motifs is 1. The topological polar surface area (TPSA) is 103 Å². The number of rotatable bonds is 5. The van der Waals surface area contributed by atoms with Crippen LogP contribution >= 0.6 is 11.3 Å². The number of nitrogens with one attached hydrogen (secondary N) is 1. The number of aryl methyl sites for hydroxylation is 1. The minimum atomic E-state index is -4.66. The third-order valence-corrected chi connectivity index (χ3v) is 4.93. The van der Waals surface area contributed by atoms with Crippen LogP contribution < -0.4 is 11.1 Å². The summed E-state index contributed by atoms with van der Waals surface area (Å²) in [5.74, 6) is -1.71. The van der Waals surface area contributed by atoms with Crippen molar-refractivity contribution in [3.8, 4) is 0 Å². The molecule has 2 amide bonds. The van der Waals surface area contributed by atoms with E-state index in [2.05, 4.69) is 15.4 Å². The summed E-state index contributed by atoms with van der Waals surface area (Å²) in [5, 5.41) is 5.92. The molecule has 3 N–H and O–H groups in total. The predicted molar refractivity (Wildman–Crippen MR) is 93.7 cm³/mol. The molecule has 0 saturated carbocycles. The van der Waals surface area contributed by atoms with E-state index >= 15 is 0 Å². The van der Waals surface area contributed by atoms with Crippen LogP contribution in [0.25, 0.3) is 10.2 Å². The van der Waals surface area contributed by atoms with E-state index in [0.29, 0.717) is 11.6 Å². The number of nitrogens with zero attached hydrogens (tertiary/aromatic N) is 3. The van der Waals surface area contributed by atoms with Gasteiger partial charge in [-0.3, -0.25) is 14.3 Å². The summed E-state index contributed by atoms with van der Waals surface area (Å²) in [7, 11) is 0. The Labute approximate surface area is 163 Å². The number of thiophene rings is 1. The monoisotopic (exact) mass is 433 g/mol. The third kappa shape index (κ3) is 4.18. The van der Waals surface area contributed by atoms with Crippen LogP contribution in [0.5, 0.6) is 0 Å². The van der Waals surface area contributed by atoms with E-state index in [0.717, 1.165) is 28.3 Å². The van der Waals surface area contributed by atoms with Crippen LogP contribution in [0.2, 0.25) is 0 Å². The van der Waals surface area contributed by atoms with E-state index in [4.69, 9.17) is 5.73 Å². The van der Waals surface area contributed by atoms with Gasteiger partial charge in [-0.15, -0.1) is 11.3 Å². The van der Waals surface area contributed by atoms with E-state index in [1.807, 2.05) is 0 Å². The minimum Gasteiger partial charge on any atom is -0.365 e. The highest BCUT2D eigenvalue weighted by Crippen LogP contribution is 2.38. The fourth-order valence-corrected chi connectivity index (χ4v) is 3.70. The number of hydrogen-bond donors (Lipinski definition) is 2. The molecule has 0 fully saturated rings. The first-order valence-corrected chi connectivity index (χ1v) is 8.71. The molecule has 3 rings (SSSR count). The largest absolute Gasteiger partial charge is 0.435 e. The van der Waals surface area contributed by atoms with Crippen molar-refractivity contribution in [1.82, 2.24) is 14.8 Å². The van der Waals surface area contributed by atoms with E-state index in [1.54, 1.807) is 0 Å². The maximum atomic E-state index is 13.0. The zero-order valence-corrected chi connectivity index (χ0v) is 15.4. The molecular weight excluding hydrogens is 421 g/mol. The van der Waals surface area contributed by atoms with Crippen LogP contribution in [0.3, 0.4) is 0 Å². The molecule has 7 nitrogen and oxygen atoms in total. The summed E-state index contributed by atoms with van der Waals surface area (Å²) in [5.41, 5.74) is 3.94. The lowest BCUT2D eigenvalue weighted by Gasteiger charge is -2.08. The first-order chi connectivity index (χ1) is 13.5. The number of amides is 2. The summed E-state index contributed by atoms with van der Waals surface area (Å²) in [6, 6.07) is 1.82. The van der Waals surface area contributed by atoms with Gasteiger partial charge in [-0.2, -0.15) is 18.3 Å². The molecule has 0 atom stereocenters. The SMILES string of the molecule is Cc1cc(C(F)F)nc2sc(C(N)=O)c(NC(=O)Cn3ccc(C(F)(F)F)n3)c12. The molecule has 154 valence electrons. The average Bonchev–Trinajstić information content (AvgIpc) is 3.19. The van der Waals surface area contributed by atoms with E-state index < -0.39 is 42.3 Å². The fourth-order valence-electron chi connectivity index (χ4n) is 2.64. The van der Waals surface area contributed by atoms with Gasteiger partial charge in [-0.25, -0.2) is 13.8 Å². The molecule has 0 unspecified atom stereocenters. The Morgan fingerprint density at radius 2 is 2.03 bits per heavy atom. The lowest BCUT2D eigenvalue weighted by atomic mass is 10.1. The van der Waals surface area contributed by atoms with Crippen molar-refractivity contribution in [3.05, 3.63) is 40.2 Å². The molecule has 0 radical (unpaired) electrons. The summed E-state index contributed by atoms with van der Waals surface area (Å²) in [4.78, 5) is 27.8. The summed E-state index contributed by atoms with van der Waals surface area (Å²) in [6.45, 7) is 0.916. The summed E-state index contributed by atoms with van der Waals surface area (Å²) < 4.78 is 64.5. The number of nitrogens with two attached hydrogens (primary N) is 1. The van der Waals surface area contributed by atoms with Crippen LogP contribution in [0, 0.1) is 6.92 Å². The van der Waals surface area contributed by atoms with Gasteiger partial charge >= 0.3 is 6.18 Å². The van der Waals surface area contributed by atoms with Gasteiger partial charge in [-0.1, -0.05) is 0 Å². The molecule has 0 aliphatic rings. The van der Waals surface area contributed by atoms with Crippen molar-refractivity contribution in [1.29, 1.82) is 0 Å². The van der Waals surface area contributed by atoms with Gasteiger partial charge in [0.1, 0.15) is 21.9 Å². The zero-order valence-electron chi connectivity index (χ0n) is 14.6. The third-order valence-electron chi connectivity index (χ3n) is 3.83. The molecule has 3 aromatic heterocycles. The number of carbonyl (C=O) groups excluding carboxylic acids is 2. The quantitative estimate of drug-likeness (QED) is 0.601. The predicted octanol–water partition coefficient (Wildman–Crippen LogP) is 3.50. The molecule has 0 aromatic carbocycles. The molecule has 0 saturated heterocycles. The Kier molecular flexibility index (Phi) is 5.26. The second-order valence-corrected chi connectivity index (χ2v) is 6.96. The van der Waals surface area contributed by atoms with E-state index in [1.165, 1.54) is 6.92 Å². The summed E-state index contributed by atoms with van der Waals surface area (Å²) >= 11 is 0.729. The first kappa shape index (κ1) is 20.6. The Bertz CT molecular complexity index is 1110. The van der Waals surface area contributed by atoms with Gasteiger partial charge in [-0.05, 0) is 24.6 Å². The van der Waals surface area contributed by atoms with Gasteiger partial charge in [0.05, 0.1) is 5.69 Å². The molecule has 0 aliphatic heterocycles. The highest BCUT2D eigenvalue weighted by molar-refractivity contribution is 7.21. The number of hydrogen-bond acceptors (Lipinski definition) is 5. The Hall–Kier alpha value is -3.09. The number of pyridine rings is 1. The molecular formula is C16H12F5N5O2S. The Balaban J connectivity index is 1.94. The second kappa shape index (κ2) is 7.39. The van der Waals surface area contributed by atoms with Crippen molar-refractivity contribution in [2.24, 2.45) is 5.73 Å².